The molecule has 208 valence electrons. The van der Waals surface area contributed by atoms with Crippen LogP contribution in [0.25, 0.3) is 0 Å². The van der Waals surface area contributed by atoms with E-state index < -0.39 is 28.5 Å². The zero-order valence-electron chi connectivity index (χ0n) is 22.6. The molecule has 10 heteroatoms. The fraction of sp³-hybridized carbons (Fsp3) is 0.310. The van der Waals surface area contributed by atoms with Gasteiger partial charge in [-0.1, -0.05) is 70.7 Å². The van der Waals surface area contributed by atoms with Crippen LogP contribution in [0.4, 0.5) is 5.69 Å². The zero-order chi connectivity index (χ0) is 28.9. The molecule has 3 rings (SSSR count). The molecule has 0 fully saturated rings. The number of nitrogens with zero attached hydrogens (tertiary/aromatic N) is 2. The molecule has 1 atom stereocenters. The first kappa shape index (κ1) is 30.5. The maximum atomic E-state index is 13.9. The first-order chi connectivity index (χ1) is 18.3. The van der Waals surface area contributed by atoms with Crippen LogP contribution in [-0.4, -0.2) is 43.8 Å². The summed E-state index contributed by atoms with van der Waals surface area (Å²) >= 11 is 12.4. The van der Waals surface area contributed by atoms with Crippen LogP contribution in [0.5, 0.6) is 0 Å². The third-order valence-corrected chi connectivity index (χ3v) is 8.28. The number of benzene rings is 3. The highest BCUT2D eigenvalue weighted by Crippen LogP contribution is 2.30. The van der Waals surface area contributed by atoms with Gasteiger partial charge in [0.05, 0.1) is 10.6 Å². The number of anilines is 1. The van der Waals surface area contributed by atoms with Gasteiger partial charge in [0.15, 0.2) is 0 Å². The van der Waals surface area contributed by atoms with Gasteiger partial charge in [-0.15, -0.1) is 0 Å². The number of amides is 2. The van der Waals surface area contributed by atoms with Crippen LogP contribution >= 0.6 is 23.2 Å². The van der Waals surface area contributed by atoms with Crippen molar-refractivity contribution < 1.29 is 18.0 Å². The predicted octanol–water partition coefficient (Wildman–Crippen LogP) is 5.75. The summed E-state index contributed by atoms with van der Waals surface area (Å²) in [4.78, 5) is 28.3. The van der Waals surface area contributed by atoms with Gasteiger partial charge in [-0.05, 0) is 70.5 Å². The second-order valence-electron chi connectivity index (χ2n) is 9.80. The average molecular weight is 591 g/mol. The third kappa shape index (κ3) is 7.97. The Balaban J connectivity index is 2.07. The first-order valence-electron chi connectivity index (χ1n) is 12.5. The lowest BCUT2D eigenvalue weighted by Crippen LogP contribution is -2.52. The molecule has 0 saturated carbocycles. The molecule has 39 heavy (non-hydrogen) atoms. The van der Waals surface area contributed by atoms with Crippen molar-refractivity contribution in [3.05, 3.63) is 93.5 Å². The van der Waals surface area contributed by atoms with E-state index in [1.54, 1.807) is 19.1 Å². The Hall–Kier alpha value is -3.07. The van der Waals surface area contributed by atoms with Crippen LogP contribution < -0.4 is 9.62 Å². The molecule has 0 saturated heterocycles. The number of rotatable bonds is 10. The van der Waals surface area contributed by atoms with E-state index in [0.717, 1.165) is 21.0 Å². The Labute approximate surface area is 240 Å². The molecule has 0 aromatic heterocycles. The van der Waals surface area contributed by atoms with Crippen molar-refractivity contribution in [2.24, 2.45) is 0 Å². The van der Waals surface area contributed by atoms with Crippen LogP contribution in [-0.2, 0) is 26.2 Å². The summed E-state index contributed by atoms with van der Waals surface area (Å²) in [7, 11) is -4.21. The van der Waals surface area contributed by atoms with Gasteiger partial charge in [-0.2, -0.15) is 0 Å². The van der Waals surface area contributed by atoms with Crippen molar-refractivity contribution in [2.45, 2.75) is 58.1 Å². The zero-order valence-corrected chi connectivity index (χ0v) is 24.9. The molecule has 2 amide bonds. The van der Waals surface area contributed by atoms with Crippen molar-refractivity contribution in [2.75, 3.05) is 10.8 Å². The van der Waals surface area contributed by atoms with Crippen molar-refractivity contribution in [3.8, 4) is 0 Å². The van der Waals surface area contributed by atoms with Gasteiger partial charge in [0.25, 0.3) is 10.0 Å². The molecule has 7 nitrogen and oxygen atoms in total. The first-order valence-corrected chi connectivity index (χ1v) is 14.7. The normalized spacial score (nSPS) is 12.2. The Morgan fingerprint density at radius 3 is 2.05 bits per heavy atom. The van der Waals surface area contributed by atoms with Crippen LogP contribution in [0.1, 0.15) is 37.5 Å². The summed E-state index contributed by atoms with van der Waals surface area (Å²) in [6.07, 6.45) is 0. The topological polar surface area (TPSA) is 86.8 Å². The maximum Gasteiger partial charge on any atom is 0.264 e. The molecule has 1 N–H and O–H groups in total. The maximum absolute atomic E-state index is 13.9. The summed E-state index contributed by atoms with van der Waals surface area (Å²) in [6, 6.07) is 17.3. The van der Waals surface area contributed by atoms with E-state index in [2.05, 4.69) is 5.32 Å². The highest BCUT2D eigenvalue weighted by molar-refractivity contribution is 7.92. The van der Waals surface area contributed by atoms with Crippen molar-refractivity contribution >= 4 is 50.7 Å². The standard InChI is InChI=1S/C29H33Cl2N3O4S/c1-19(2)32-29(36)22(5)33(17-23-8-6-7-21(4)13-23)28(35)18-34(26-15-24(30)14-25(31)16-26)39(37,38)27-11-9-20(3)10-12-27/h6-16,19,22H,17-18H2,1-5H3,(H,32,36)/t22-/m1/s1. The number of carbonyl (C=O) groups is 2. The number of aryl methyl sites for hydroxylation is 2. The average Bonchev–Trinajstić information content (AvgIpc) is 2.84. The van der Waals surface area contributed by atoms with Crippen molar-refractivity contribution in [1.82, 2.24) is 10.2 Å². The molecule has 0 heterocycles. The Kier molecular flexibility index (Phi) is 10.0. The number of nitrogens with one attached hydrogen (secondary N) is 1. The second kappa shape index (κ2) is 12.9. The molecule has 0 unspecified atom stereocenters. The summed E-state index contributed by atoms with van der Waals surface area (Å²) in [5.41, 5.74) is 2.83. The van der Waals surface area contributed by atoms with Gasteiger partial charge in [-0.3, -0.25) is 13.9 Å². The lowest BCUT2D eigenvalue weighted by molar-refractivity contribution is -0.139. The van der Waals surface area contributed by atoms with Crippen LogP contribution in [0, 0.1) is 13.8 Å². The number of halogens is 2. The summed E-state index contributed by atoms with van der Waals surface area (Å²) in [5, 5.41) is 3.27. The van der Waals surface area contributed by atoms with Crippen LogP contribution in [0.15, 0.2) is 71.6 Å². The highest BCUT2D eigenvalue weighted by Gasteiger charge is 2.33. The van der Waals surface area contributed by atoms with Gasteiger partial charge < -0.3 is 10.2 Å². The van der Waals surface area contributed by atoms with Crippen molar-refractivity contribution in [1.29, 1.82) is 0 Å². The van der Waals surface area contributed by atoms with E-state index in [4.69, 9.17) is 23.2 Å². The van der Waals surface area contributed by atoms with E-state index in [-0.39, 0.29) is 39.1 Å². The second-order valence-corrected chi connectivity index (χ2v) is 12.5. The quantitative estimate of drug-likeness (QED) is 0.326. The van der Waals surface area contributed by atoms with Crippen molar-refractivity contribution in [3.63, 3.8) is 0 Å². The Morgan fingerprint density at radius 2 is 1.49 bits per heavy atom. The minimum atomic E-state index is -4.21. The van der Waals surface area contributed by atoms with Crippen LogP contribution in [0.2, 0.25) is 10.0 Å². The van der Waals surface area contributed by atoms with E-state index >= 15 is 0 Å². The molecule has 0 aliphatic heterocycles. The number of carbonyl (C=O) groups excluding carboxylic acids is 2. The van der Waals surface area contributed by atoms with E-state index in [0.29, 0.717) is 0 Å². The molecular formula is C29H33Cl2N3O4S. The summed E-state index contributed by atoms with van der Waals surface area (Å²) in [6.45, 7) is 8.61. The van der Waals surface area contributed by atoms with Gasteiger partial charge >= 0.3 is 0 Å². The minimum Gasteiger partial charge on any atom is -0.352 e. The molecular weight excluding hydrogens is 557 g/mol. The molecule has 3 aromatic carbocycles. The van der Waals surface area contributed by atoms with Gasteiger partial charge in [0, 0.05) is 22.6 Å². The number of sulfonamides is 1. The van der Waals surface area contributed by atoms with Gasteiger partial charge in [0.1, 0.15) is 12.6 Å². The van der Waals surface area contributed by atoms with E-state index in [1.165, 1.54) is 35.2 Å². The predicted molar refractivity (Wildman–Crippen MR) is 157 cm³/mol. The SMILES string of the molecule is Cc1ccc(S(=O)(=O)N(CC(=O)N(Cc2cccc(C)c2)[C@H](C)C(=O)NC(C)C)c2cc(Cl)cc(Cl)c2)cc1. The smallest absolute Gasteiger partial charge is 0.264 e. The third-order valence-electron chi connectivity index (χ3n) is 6.06. The minimum absolute atomic E-state index is 0.00725. The number of hydrogen-bond donors (Lipinski definition) is 1. The molecule has 0 aliphatic carbocycles. The molecule has 3 aromatic rings. The molecule has 0 aliphatic rings. The lowest BCUT2D eigenvalue weighted by atomic mass is 10.1. The van der Waals surface area contributed by atoms with Gasteiger partial charge in [-0.25, -0.2) is 8.42 Å². The Morgan fingerprint density at radius 1 is 0.872 bits per heavy atom. The largest absolute Gasteiger partial charge is 0.352 e. The van der Waals surface area contributed by atoms with E-state index in [1.807, 2.05) is 52.0 Å². The van der Waals surface area contributed by atoms with Gasteiger partial charge in [0.2, 0.25) is 11.8 Å². The molecule has 0 spiro atoms. The monoisotopic (exact) mass is 589 g/mol. The van der Waals surface area contributed by atoms with E-state index in [9.17, 15) is 18.0 Å². The van der Waals surface area contributed by atoms with Crippen LogP contribution in [0.3, 0.4) is 0 Å². The molecule has 0 bridgehead atoms. The molecule has 0 radical (unpaired) electrons. The fourth-order valence-corrected chi connectivity index (χ4v) is 5.96. The summed E-state index contributed by atoms with van der Waals surface area (Å²) < 4.78 is 28.7. The lowest BCUT2D eigenvalue weighted by Gasteiger charge is -2.32. The fourth-order valence-electron chi connectivity index (χ4n) is 4.04. The number of hydrogen-bond acceptors (Lipinski definition) is 4. The highest BCUT2D eigenvalue weighted by atomic mass is 35.5. The Bertz CT molecular complexity index is 1420. The summed E-state index contributed by atoms with van der Waals surface area (Å²) in [5.74, 6) is -0.903.